The van der Waals surface area contributed by atoms with Crippen molar-refractivity contribution in [3.63, 3.8) is 0 Å². The van der Waals surface area contributed by atoms with Gasteiger partial charge in [0.25, 0.3) is 5.91 Å². The third kappa shape index (κ3) is 7.06. The predicted octanol–water partition coefficient (Wildman–Crippen LogP) is 4.12. The smallest absolute Gasteiger partial charge is 0.251 e. The normalized spacial score (nSPS) is 11.1. The Labute approximate surface area is 166 Å². The maximum atomic E-state index is 12.2. The number of aryl methyl sites for hydroxylation is 1. The minimum atomic E-state index is -0.133. The van der Waals surface area contributed by atoms with Gasteiger partial charge in [0.2, 0.25) is 5.91 Å². The highest BCUT2D eigenvalue weighted by Gasteiger charge is 2.14. The average molecular weight is 387 g/mol. The predicted molar refractivity (Wildman–Crippen MR) is 110 cm³/mol. The maximum absolute atomic E-state index is 12.2. The fourth-order valence-electron chi connectivity index (χ4n) is 2.60. The van der Waals surface area contributed by atoms with E-state index in [0.717, 1.165) is 5.56 Å². The van der Waals surface area contributed by atoms with Gasteiger partial charge in [0.05, 0.1) is 0 Å². The molecule has 0 bridgehead atoms. The highest BCUT2D eigenvalue weighted by atomic mass is 35.5. The number of rotatable bonds is 7. The van der Waals surface area contributed by atoms with Crippen molar-refractivity contribution in [2.75, 3.05) is 13.1 Å². The molecule has 0 unspecified atom stereocenters. The summed E-state index contributed by atoms with van der Waals surface area (Å²) < 4.78 is 0. The summed E-state index contributed by atoms with van der Waals surface area (Å²) in [6, 6.07) is 15.1. The molecule has 0 spiro atoms. The quantitative estimate of drug-likeness (QED) is 0.703. The number of benzene rings is 2. The fourth-order valence-corrected chi connectivity index (χ4v) is 2.72. The molecule has 0 aromatic heterocycles. The van der Waals surface area contributed by atoms with Crippen molar-refractivity contribution in [1.82, 2.24) is 10.6 Å². The van der Waals surface area contributed by atoms with Crippen LogP contribution in [0, 0.1) is 0 Å². The average Bonchev–Trinajstić information content (AvgIpc) is 2.64. The maximum Gasteiger partial charge on any atom is 0.251 e. The minimum Gasteiger partial charge on any atom is -0.354 e. The van der Waals surface area contributed by atoms with Gasteiger partial charge in [-0.2, -0.15) is 0 Å². The zero-order valence-corrected chi connectivity index (χ0v) is 16.9. The number of halogens is 1. The molecule has 2 rings (SSSR count). The topological polar surface area (TPSA) is 58.2 Å². The first-order chi connectivity index (χ1) is 12.8. The molecule has 5 heteroatoms. The van der Waals surface area contributed by atoms with Crippen molar-refractivity contribution in [1.29, 1.82) is 0 Å². The lowest BCUT2D eigenvalue weighted by atomic mass is 9.87. The van der Waals surface area contributed by atoms with Crippen LogP contribution in [0.4, 0.5) is 0 Å². The first-order valence-corrected chi connectivity index (χ1v) is 9.53. The van der Waals surface area contributed by atoms with E-state index in [1.54, 1.807) is 0 Å². The van der Waals surface area contributed by atoms with E-state index in [9.17, 15) is 9.59 Å². The van der Waals surface area contributed by atoms with Crippen LogP contribution in [-0.2, 0) is 16.6 Å². The van der Waals surface area contributed by atoms with Crippen LogP contribution in [0.2, 0.25) is 5.02 Å². The lowest BCUT2D eigenvalue weighted by Crippen LogP contribution is -2.34. The molecule has 0 heterocycles. The Bertz CT molecular complexity index is 762. The van der Waals surface area contributed by atoms with Gasteiger partial charge in [0.15, 0.2) is 0 Å². The summed E-state index contributed by atoms with van der Waals surface area (Å²) >= 11 is 5.84. The van der Waals surface area contributed by atoms with Crippen molar-refractivity contribution < 1.29 is 9.59 Å². The minimum absolute atomic E-state index is 0.0336. The fraction of sp³-hybridized carbons (Fsp3) is 0.364. The van der Waals surface area contributed by atoms with Gasteiger partial charge in [0, 0.05) is 30.1 Å². The Morgan fingerprint density at radius 2 is 1.48 bits per heavy atom. The zero-order valence-electron chi connectivity index (χ0n) is 16.1. The van der Waals surface area contributed by atoms with Crippen LogP contribution < -0.4 is 10.6 Å². The van der Waals surface area contributed by atoms with Crippen LogP contribution in [0.15, 0.2) is 48.5 Å². The Hall–Kier alpha value is -2.33. The lowest BCUT2D eigenvalue weighted by Gasteiger charge is -2.19. The molecule has 0 atom stereocenters. The largest absolute Gasteiger partial charge is 0.354 e. The molecule has 0 aliphatic rings. The molecule has 0 saturated carbocycles. The zero-order chi connectivity index (χ0) is 19.9. The number of hydrogen-bond donors (Lipinski definition) is 2. The third-order valence-electron chi connectivity index (χ3n) is 4.30. The lowest BCUT2D eigenvalue weighted by molar-refractivity contribution is -0.121. The van der Waals surface area contributed by atoms with E-state index >= 15 is 0 Å². The van der Waals surface area contributed by atoms with Crippen LogP contribution in [0.3, 0.4) is 0 Å². The summed E-state index contributed by atoms with van der Waals surface area (Å²) in [4.78, 5) is 24.0. The van der Waals surface area contributed by atoms with Crippen molar-refractivity contribution in [3.05, 3.63) is 70.2 Å². The van der Waals surface area contributed by atoms with Gasteiger partial charge >= 0.3 is 0 Å². The summed E-state index contributed by atoms with van der Waals surface area (Å²) in [6.45, 7) is 7.21. The van der Waals surface area contributed by atoms with Crippen molar-refractivity contribution in [3.8, 4) is 0 Å². The molecule has 4 nitrogen and oxygen atoms in total. The summed E-state index contributed by atoms with van der Waals surface area (Å²) in [6.07, 6.45) is 1.07. The third-order valence-corrected chi connectivity index (χ3v) is 4.55. The molecule has 0 fully saturated rings. The second-order valence-electron chi connectivity index (χ2n) is 7.56. The van der Waals surface area contributed by atoms with E-state index < -0.39 is 0 Å². The molecule has 2 aromatic carbocycles. The Morgan fingerprint density at radius 3 is 2.07 bits per heavy atom. The number of hydrogen-bond acceptors (Lipinski definition) is 2. The van der Waals surface area contributed by atoms with E-state index in [-0.39, 0.29) is 17.2 Å². The monoisotopic (exact) mass is 386 g/mol. The van der Waals surface area contributed by atoms with Crippen LogP contribution in [0.1, 0.15) is 48.7 Å². The number of nitrogens with one attached hydrogen (secondary N) is 2. The number of carbonyl (C=O) groups is 2. The highest BCUT2D eigenvalue weighted by Crippen LogP contribution is 2.22. The van der Waals surface area contributed by atoms with Gasteiger partial charge < -0.3 is 10.6 Å². The van der Waals surface area contributed by atoms with Gasteiger partial charge in [-0.05, 0) is 47.2 Å². The highest BCUT2D eigenvalue weighted by molar-refractivity contribution is 6.30. The molecule has 0 aliphatic carbocycles. The SMILES string of the molecule is CC(C)(C)c1ccc(C(=O)NCCNC(=O)CCc2ccc(Cl)cc2)cc1. The van der Waals surface area contributed by atoms with E-state index in [1.807, 2.05) is 48.5 Å². The molecule has 2 N–H and O–H groups in total. The first kappa shape index (κ1) is 21.0. The van der Waals surface area contributed by atoms with Gasteiger partial charge in [0.1, 0.15) is 0 Å². The van der Waals surface area contributed by atoms with E-state index in [4.69, 9.17) is 11.6 Å². The first-order valence-electron chi connectivity index (χ1n) is 9.15. The van der Waals surface area contributed by atoms with E-state index in [2.05, 4.69) is 31.4 Å². The number of amides is 2. The summed E-state index contributed by atoms with van der Waals surface area (Å²) in [5.74, 6) is -0.167. The second kappa shape index (κ2) is 9.56. The van der Waals surface area contributed by atoms with Gasteiger partial charge in [-0.3, -0.25) is 9.59 Å². The van der Waals surface area contributed by atoms with Crippen molar-refractivity contribution in [2.45, 2.75) is 39.0 Å². The van der Waals surface area contributed by atoms with Crippen LogP contribution in [-0.4, -0.2) is 24.9 Å². The molecule has 0 saturated heterocycles. The molecule has 2 aromatic rings. The van der Waals surface area contributed by atoms with Crippen LogP contribution in [0.25, 0.3) is 0 Å². The second-order valence-corrected chi connectivity index (χ2v) is 8.00. The van der Waals surface area contributed by atoms with Crippen LogP contribution >= 0.6 is 11.6 Å². The van der Waals surface area contributed by atoms with E-state index in [0.29, 0.717) is 36.5 Å². The van der Waals surface area contributed by atoms with Crippen molar-refractivity contribution in [2.24, 2.45) is 0 Å². The molecule has 27 heavy (non-hydrogen) atoms. The standard InChI is InChI=1S/C22H27ClN2O2/c1-22(2,3)18-9-7-17(8-10-18)21(27)25-15-14-24-20(26)13-6-16-4-11-19(23)12-5-16/h4-5,7-12H,6,13-15H2,1-3H3,(H,24,26)(H,25,27). The molecule has 144 valence electrons. The summed E-state index contributed by atoms with van der Waals surface area (Å²) in [7, 11) is 0. The Balaban J connectivity index is 1.67. The summed E-state index contributed by atoms with van der Waals surface area (Å²) in [5.41, 5.74) is 2.94. The molecular formula is C22H27ClN2O2. The summed E-state index contributed by atoms with van der Waals surface area (Å²) in [5, 5.41) is 6.33. The van der Waals surface area contributed by atoms with Gasteiger partial charge in [-0.25, -0.2) is 0 Å². The molecular weight excluding hydrogens is 360 g/mol. The Kier molecular flexibility index (Phi) is 7.43. The molecule has 2 amide bonds. The Morgan fingerprint density at radius 1 is 0.889 bits per heavy atom. The van der Waals surface area contributed by atoms with Gasteiger partial charge in [-0.1, -0.05) is 56.6 Å². The van der Waals surface area contributed by atoms with Crippen molar-refractivity contribution >= 4 is 23.4 Å². The van der Waals surface area contributed by atoms with Crippen LogP contribution in [0.5, 0.6) is 0 Å². The number of carbonyl (C=O) groups excluding carboxylic acids is 2. The molecule has 0 radical (unpaired) electrons. The van der Waals surface area contributed by atoms with E-state index in [1.165, 1.54) is 5.56 Å². The molecule has 0 aliphatic heterocycles. The van der Waals surface area contributed by atoms with Gasteiger partial charge in [-0.15, -0.1) is 0 Å².